The zero-order valence-electron chi connectivity index (χ0n) is 13.7. The summed E-state index contributed by atoms with van der Waals surface area (Å²) >= 11 is 0. The average Bonchev–Trinajstić information content (AvgIpc) is 2.70. The number of hydrogen-bond acceptors (Lipinski definition) is 2. The largest absolute Gasteiger partial charge is 0.374 e. The van der Waals surface area contributed by atoms with Crippen molar-refractivity contribution in [3.8, 4) is 0 Å². The quantitative estimate of drug-likeness (QED) is 0.841. The van der Waals surface area contributed by atoms with Gasteiger partial charge in [0.05, 0.1) is 0 Å². The minimum absolute atomic E-state index is 0.714. The van der Waals surface area contributed by atoms with E-state index in [1.807, 2.05) is 0 Å². The molecule has 0 spiro atoms. The molecule has 1 aromatic rings. The molecule has 2 aliphatic rings. The highest BCUT2D eigenvalue weighted by atomic mass is 15.1. The van der Waals surface area contributed by atoms with Crippen LogP contribution in [0.2, 0.25) is 0 Å². The molecule has 116 valence electrons. The van der Waals surface area contributed by atoms with E-state index in [2.05, 4.69) is 42.4 Å². The fraction of sp³-hybridized carbons (Fsp3) is 0.684. The molecule has 0 radical (unpaired) electrons. The van der Waals surface area contributed by atoms with E-state index in [-0.39, 0.29) is 0 Å². The van der Waals surface area contributed by atoms with E-state index >= 15 is 0 Å². The number of anilines is 1. The van der Waals surface area contributed by atoms with E-state index < -0.39 is 0 Å². The first-order valence-electron chi connectivity index (χ1n) is 8.80. The van der Waals surface area contributed by atoms with E-state index in [1.165, 1.54) is 68.3 Å². The van der Waals surface area contributed by atoms with E-state index in [4.69, 9.17) is 0 Å². The van der Waals surface area contributed by atoms with Gasteiger partial charge in [-0.3, -0.25) is 0 Å². The lowest BCUT2D eigenvalue weighted by molar-refractivity contribution is 0.356. The predicted octanol–water partition coefficient (Wildman–Crippen LogP) is 4.13. The number of benzene rings is 1. The van der Waals surface area contributed by atoms with Crippen LogP contribution in [0.3, 0.4) is 0 Å². The molecular formula is C19H30N2. The molecular weight excluding hydrogens is 256 g/mol. The van der Waals surface area contributed by atoms with Crippen molar-refractivity contribution in [2.45, 2.75) is 64.5 Å². The molecule has 1 aliphatic carbocycles. The third-order valence-electron chi connectivity index (χ3n) is 5.42. The summed E-state index contributed by atoms with van der Waals surface area (Å²) in [5.41, 5.74) is 4.44. The fourth-order valence-electron chi connectivity index (χ4n) is 3.99. The van der Waals surface area contributed by atoms with Crippen LogP contribution in [0.15, 0.2) is 18.2 Å². The zero-order valence-corrected chi connectivity index (χ0v) is 13.7. The number of rotatable bonds is 3. The predicted molar refractivity (Wildman–Crippen MR) is 90.9 cm³/mol. The summed E-state index contributed by atoms with van der Waals surface area (Å²) in [6.45, 7) is 4.65. The van der Waals surface area contributed by atoms with Crippen molar-refractivity contribution >= 4 is 5.69 Å². The Morgan fingerprint density at radius 2 is 2.00 bits per heavy atom. The molecule has 1 aliphatic heterocycles. The first-order chi connectivity index (χ1) is 10.2. The Hall–Kier alpha value is -1.02. The van der Waals surface area contributed by atoms with E-state index in [0.717, 1.165) is 12.5 Å². The fourth-order valence-corrected chi connectivity index (χ4v) is 3.99. The Bertz CT molecular complexity index is 469. The summed E-state index contributed by atoms with van der Waals surface area (Å²) in [6.07, 6.45) is 9.53. The lowest BCUT2D eigenvalue weighted by Crippen LogP contribution is -2.33. The smallest absolute Gasteiger partial charge is 0.0396 e. The van der Waals surface area contributed by atoms with Crippen LogP contribution >= 0.6 is 0 Å². The topological polar surface area (TPSA) is 15.3 Å². The molecule has 1 fully saturated rings. The zero-order chi connectivity index (χ0) is 14.7. The van der Waals surface area contributed by atoms with Crippen molar-refractivity contribution in [1.29, 1.82) is 0 Å². The van der Waals surface area contributed by atoms with Crippen LogP contribution in [0.25, 0.3) is 0 Å². The van der Waals surface area contributed by atoms with Crippen LogP contribution in [0.5, 0.6) is 0 Å². The third-order valence-corrected chi connectivity index (χ3v) is 5.42. The highest BCUT2D eigenvalue weighted by molar-refractivity contribution is 5.56. The van der Waals surface area contributed by atoms with E-state index in [0.29, 0.717) is 6.04 Å². The van der Waals surface area contributed by atoms with Gasteiger partial charge in [-0.1, -0.05) is 38.3 Å². The number of nitrogens with zero attached hydrogens (tertiary/aromatic N) is 1. The molecule has 0 bridgehead atoms. The molecule has 2 nitrogen and oxygen atoms in total. The lowest BCUT2D eigenvalue weighted by Gasteiger charge is -2.28. The summed E-state index contributed by atoms with van der Waals surface area (Å²) in [5.74, 6) is 0.830. The van der Waals surface area contributed by atoms with Crippen molar-refractivity contribution in [2.24, 2.45) is 5.92 Å². The average molecular weight is 286 g/mol. The lowest BCUT2D eigenvalue weighted by atomic mass is 9.96. The summed E-state index contributed by atoms with van der Waals surface area (Å²) in [5, 5.41) is 3.83. The van der Waals surface area contributed by atoms with Crippen molar-refractivity contribution in [2.75, 3.05) is 18.5 Å². The van der Waals surface area contributed by atoms with Crippen LogP contribution in [-0.4, -0.2) is 19.6 Å². The second-order valence-electron chi connectivity index (χ2n) is 7.09. The molecule has 2 atom stereocenters. The van der Waals surface area contributed by atoms with Crippen LogP contribution in [0, 0.1) is 5.92 Å². The van der Waals surface area contributed by atoms with Crippen LogP contribution < -0.4 is 10.2 Å². The maximum Gasteiger partial charge on any atom is 0.0396 e. The van der Waals surface area contributed by atoms with Gasteiger partial charge < -0.3 is 10.2 Å². The second kappa shape index (κ2) is 6.83. The van der Waals surface area contributed by atoms with Crippen molar-refractivity contribution in [1.82, 2.24) is 5.32 Å². The van der Waals surface area contributed by atoms with Gasteiger partial charge in [-0.25, -0.2) is 0 Å². The molecule has 3 rings (SSSR count). The second-order valence-corrected chi connectivity index (χ2v) is 7.09. The first-order valence-corrected chi connectivity index (χ1v) is 8.80. The van der Waals surface area contributed by atoms with Crippen molar-refractivity contribution in [3.63, 3.8) is 0 Å². The molecule has 0 aromatic heterocycles. The van der Waals surface area contributed by atoms with Crippen LogP contribution in [-0.2, 0) is 13.0 Å². The van der Waals surface area contributed by atoms with Gasteiger partial charge in [0.15, 0.2) is 0 Å². The van der Waals surface area contributed by atoms with Gasteiger partial charge >= 0.3 is 0 Å². The summed E-state index contributed by atoms with van der Waals surface area (Å²) in [6, 6.07) is 7.78. The molecule has 1 aromatic carbocycles. The minimum Gasteiger partial charge on any atom is -0.374 e. The Labute approximate surface area is 129 Å². The number of nitrogens with one attached hydrogen (secondary N) is 1. The van der Waals surface area contributed by atoms with Gasteiger partial charge in [-0.05, 0) is 48.8 Å². The Morgan fingerprint density at radius 3 is 2.90 bits per heavy atom. The standard InChI is InChI=1S/C19H30N2/c1-15-7-4-3-5-9-18(15)20-14-16-10-11-19-17(13-16)8-6-12-21(19)2/h10-11,13,15,18,20H,3-9,12,14H2,1-2H3. The molecule has 1 heterocycles. The number of fused-ring (bicyclic) bond motifs is 1. The number of hydrogen-bond donors (Lipinski definition) is 1. The van der Waals surface area contributed by atoms with Gasteiger partial charge in [0.2, 0.25) is 0 Å². The molecule has 2 heteroatoms. The number of aryl methyl sites for hydroxylation is 1. The van der Waals surface area contributed by atoms with E-state index in [1.54, 1.807) is 0 Å². The monoisotopic (exact) mass is 286 g/mol. The SMILES string of the molecule is CC1CCCCCC1NCc1ccc2c(c1)CCCN2C. The Kier molecular flexibility index (Phi) is 4.84. The molecule has 1 saturated carbocycles. The molecule has 2 unspecified atom stereocenters. The summed E-state index contributed by atoms with van der Waals surface area (Å²) in [7, 11) is 2.21. The van der Waals surface area contributed by atoms with Gasteiger partial charge in [-0.15, -0.1) is 0 Å². The third kappa shape index (κ3) is 3.60. The van der Waals surface area contributed by atoms with Crippen LogP contribution in [0.4, 0.5) is 5.69 Å². The normalized spacial score (nSPS) is 26.3. The van der Waals surface area contributed by atoms with Gasteiger partial charge in [0.25, 0.3) is 0 Å². The first kappa shape index (κ1) is 14.9. The molecule has 0 saturated heterocycles. The van der Waals surface area contributed by atoms with Crippen molar-refractivity contribution < 1.29 is 0 Å². The van der Waals surface area contributed by atoms with Crippen molar-refractivity contribution in [3.05, 3.63) is 29.3 Å². The van der Waals surface area contributed by atoms with Gasteiger partial charge in [0, 0.05) is 31.9 Å². The van der Waals surface area contributed by atoms with Gasteiger partial charge in [-0.2, -0.15) is 0 Å². The Morgan fingerprint density at radius 1 is 1.14 bits per heavy atom. The van der Waals surface area contributed by atoms with Gasteiger partial charge in [0.1, 0.15) is 0 Å². The summed E-state index contributed by atoms with van der Waals surface area (Å²) < 4.78 is 0. The molecule has 0 amide bonds. The minimum atomic E-state index is 0.714. The van der Waals surface area contributed by atoms with E-state index in [9.17, 15) is 0 Å². The maximum absolute atomic E-state index is 3.83. The molecule has 1 N–H and O–H groups in total. The van der Waals surface area contributed by atoms with Crippen LogP contribution in [0.1, 0.15) is 56.6 Å². The summed E-state index contributed by atoms with van der Waals surface area (Å²) in [4.78, 5) is 2.39. The highest BCUT2D eigenvalue weighted by Crippen LogP contribution is 2.27. The molecule has 21 heavy (non-hydrogen) atoms. The Balaban J connectivity index is 1.62. The maximum atomic E-state index is 3.83. The highest BCUT2D eigenvalue weighted by Gasteiger charge is 2.19.